The molecular formula is C36H43BrCl6MgO4P2. The molecule has 50 heavy (non-hydrogen) atoms. The zero-order valence-corrected chi connectivity index (χ0v) is 38.1. The molecule has 5 rings (SSSR count). The van der Waals surface area contributed by atoms with Gasteiger partial charge in [0, 0.05) is 35.2 Å². The number of alkyl halides is 1. The van der Waals surface area contributed by atoms with E-state index in [0.29, 0.717) is 0 Å². The molecule has 0 bridgehead atoms. The van der Waals surface area contributed by atoms with Crippen molar-refractivity contribution in [2.45, 2.75) is 13.8 Å². The average Bonchev–Trinajstić information content (AvgIpc) is 3.12. The summed E-state index contributed by atoms with van der Waals surface area (Å²) in [5.41, 5.74) is 0. The van der Waals surface area contributed by atoms with Crippen molar-refractivity contribution in [2.24, 2.45) is 0 Å². The molecule has 0 heterocycles. The molecule has 0 fully saturated rings. The van der Waals surface area contributed by atoms with Crippen molar-refractivity contribution >= 4 is 113 Å². The Morgan fingerprint density at radius 1 is 0.500 bits per heavy atom. The number of hydrogen-bond donors (Lipinski definition) is 0. The van der Waals surface area contributed by atoms with Crippen molar-refractivity contribution in [1.29, 1.82) is 0 Å². The minimum Gasteiger partial charge on any atom is -1.00 e. The van der Waals surface area contributed by atoms with E-state index >= 15 is 0 Å². The Labute approximate surface area is 356 Å². The molecular weight excluding hydrogens is 875 g/mol. The van der Waals surface area contributed by atoms with Gasteiger partial charge in [0.25, 0.3) is 0 Å². The van der Waals surface area contributed by atoms with Crippen LogP contribution in [-0.4, -0.2) is 50.2 Å². The van der Waals surface area contributed by atoms with Crippen molar-refractivity contribution in [3.8, 4) is 5.75 Å². The minimum atomic E-state index is -3.22. The zero-order chi connectivity index (χ0) is 36.0. The van der Waals surface area contributed by atoms with Gasteiger partial charge in [-0.15, -0.1) is 0 Å². The van der Waals surface area contributed by atoms with Gasteiger partial charge in [0.2, 0.25) is 0 Å². The maximum absolute atomic E-state index is 13.8. The van der Waals surface area contributed by atoms with E-state index in [1.807, 2.05) is 171 Å². The summed E-state index contributed by atoms with van der Waals surface area (Å²) in [5.74, 6) is 2.72. The molecule has 4 nitrogen and oxygen atoms in total. The van der Waals surface area contributed by atoms with Crippen LogP contribution in [0.1, 0.15) is 13.8 Å². The van der Waals surface area contributed by atoms with E-state index in [4.69, 9.17) is 16.3 Å². The van der Waals surface area contributed by atoms with Crippen LogP contribution in [0.4, 0.5) is 0 Å². The van der Waals surface area contributed by atoms with Crippen molar-refractivity contribution in [2.75, 3.05) is 27.2 Å². The number of methoxy groups -OCH3 is 2. The van der Waals surface area contributed by atoms with Gasteiger partial charge in [-0.05, 0) is 63.8 Å². The van der Waals surface area contributed by atoms with Gasteiger partial charge in [-0.25, -0.2) is 0 Å². The zero-order valence-electron chi connectivity index (χ0n) is 28.8. The first-order valence-corrected chi connectivity index (χ1v) is 22.2. The maximum atomic E-state index is 13.8. The summed E-state index contributed by atoms with van der Waals surface area (Å²) in [6.45, 7) is 4.00. The van der Waals surface area contributed by atoms with E-state index in [0.717, 1.165) is 26.7 Å². The van der Waals surface area contributed by atoms with E-state index in [9.17, 15) is 9.13 Å². The largest absolute Gasteiger partial charge is 2.00 e. The second kappa shape index (κ2) is 38.0. The number of ether oxygens (including phenoxy) is 2. The fourth-order valence-electron chi connectivity index (χ4n) is 3.33. The first-order valence-electron chi connectivity index (χ1n) is 14.1. The maximum Gasteiger partial charge on any atom is 2.00 e. The molecule has 0 radical (unpaired) electrons. The Hall–Kier alpha value is -0.694. The molecule has 0 aliphatic carbocycles. The van der Waals surface area contributed by atoms with Crippen LogP contribution in [-0.2, 0) is 13.9 Å². The van der Waals surface area contributed by atoms with E-state index in [1.165, 1.54) is 0 Å². The number of halogens is 7. The molecule has 5 aromatic carbocycles. The van der Waals surface area contributed by atoms with Gasteiger partial charge in [0.1, 0.15) is 5.75 Å². The number of para-hydroxylation sites is 1. The summed E-state index contributed by atoms with van der Waals surface area (Å²) >= 11 is 22.3. The second-order valence-electron chi connectivity index (χ2n) is 8.24. The summed E-state index contributed by atoms with van der Waals surface area (Å²) in [6, 6.07) is 48.3. The third-order valence-electron chi connectivity index (χ3n) is 5.07. The number of benzene rings is 5. The Morgan fingerprint density at radius 2 is 0.700 bits per heavy atom. The molecule has 272 valence electrons. The molecule has 0 unspecified atom stereocenters. The van der Waals surface area contributed by atoms with Gasteiger partial charge in [0.15, 0.2) is 7.14 Å². The summed E-state index contributed by atoms with van der Waals surface area (Å²) in [5, 5.41) is 0.190. The van der Waals surface area contributed by atoms with Crippen molar-refractivity contribution in [3.63, 3.8) is 0 Å². The van der Waals surface area contributed by atoms with Gasteiger partial charge in [-0.1, -0.05) is 169 Å². The van der Waals surface area contributed by atoms with Crippen LogP contribution in [0.5, 0.6) is 5.75 Å². The van der Waals surface area contributed by atoms with Crippen LogP contribution >= 0.6 is 73.6 Å². The van der Waals surface area contributed by atoms with E-state index in [1.54, 1.807) is 21.3 Å². The summed E-state index contributed by atoms with van der Waals surface area (Å²) < 4.78 is 32.5. The predicted molar refractivity (Wildman–Crippen MR) is 220 cm³/mol. The smallest absolute Gasteiger partial charge is 1.00 e. The van der Waals surface area contributed by atoms with Gasteiger partial charge < -0.3 is 38.9 Å². The van der Waals surface area contributed by atoms with Gasteiger partial charge >= 0.3 is 28.3 Å². The molecule has 0 N–H and O–H groups in total. The topological polar surface area (TPSA) is 52.6 Å². The Balaban J connectivity index is -0.000000189. The minimum absolute atomic E-state index is 0. The Bertz CT molecular complexity index is 1380. The van der Waals surface area contributed by atoms with Crippen molar-refractivity contribution in [1.82, 2.24) is 0 Å². The third-order valence-corrected chi connectivity index (χ3v) is 8.40. The molecule has 0 amide bonds. The second-order valence-corrected chi connectivity index (χ2v) is 18.1. The van der Waals surface area contributed by atoms with Crippen LogP contribution in [0.3, 0.4) is 0 Å². The summed E-state index contributed by atoms with van der Waals surface area (Å²) in [6.07, 6.45) is 0. The fraction of sp³-hybridized carbons (Fsp3) is 0.167. The molecule has 0 aliphatic rings. The standard InChI is InChI=1S/C18H15OP.C7H8O.C6H5Cl.C2H6O.C2H6.CH3Br.Cl3OP.2ClH.Mg/c19-20(16-10-4-1-5-11-16,17-12-6-2-7-13-17)18-14-8-3-9-15-18;1-8-7-5-3-2-4-6-7;7-6-4-2-1-3-5-6;1-3-2;2*1-2;1-5(2,3)4;;;/h1-15H;2-6H,1H3;1-5H;1-2H3;1-2H3;1H3;;2*1H;/q;;;;;;;;;+2/p-2. The van der Waals surface area contributed by atoms with Crippen LogP contribution in [0.25, 0.3) is 0 Å². The van der Waals surface area contributed by atoms with Crippen LogP contribution < -0.4 is 45.5 Å². The molecule has 0 saturated heterocycles. The SMILES string of the molecule is CBr.CC.COC.COc1ccccc1.Clc1ccccc1.O=P(Cl)(Cl)Cl.O=P(c1ccccc1)(c1ccccc1)c1ccccc1.[Cl-].[Cl-].[Mg+2]. The Morgan fingerprint density at radius 3 is 0.860 bits per heavy atom. The molecule has 14 heteroatoms. The van der Waals surface area contributed by atoms with Crippen LogP contribution in [0, 0.1) is 0 Å². The first kappa shape index (κ1) is 58.6. The molecule has 5 aromatic rings. The number of hydrogen-bond acceptors (Lipinski definition) is 4. The monoisotopic (exact) mass is 914 g/mol. The van der Waals surface area contributed by atoms with E-state index in [2.05, 4.69) is 54.4 Å². The quantitative estimate of drug-likeness (QED) is 0.124. The normalized spacial score (nSPS) is 8.86. The molecule has 0 spiro atoms. The molecule has 0 aromatic heterocycles. The number of rotatable bonds is 4. The predicted octanol–water partition coefficient (Wildman–Crippen LogP) is 6.10. The van der Waals surface area contributed by atoms with Gasteiger partial charge in [-0.2, -0.15) is 0 Å². The van der Waals surface area contributed by atoms with Gasteiger partial charge in [0.05, 0.1) is 7.11 Å². The molecule has 0 aliphatic heterocycles. The summed E-state index contributed by atoms with van der Waals surface area (Å²) in [7, 11) is 2.14. The van der Waals surface area contributed by atoms with Crippen LogP contribution in [0.2, 0.25) is 5.02 Å². The Kier molecular flexibility index (Phi) is 44.6. The van der Waals surface area contributed by atoms with Crippen molar-refractivity contribution < 1.29 is 43.4 Å². The fourth-order valence-corrected chi connectivity index (χ4v) is 6.15. The average molecular weight is 919 g/mol. The van der Waals surface area contributed by atoms with E-state index in [-0.39, 0.29) is 47.9 Å². The summed E-state index contributed by atoms with van der Waals surface area (Å²) in [4.78, 5) is 0. The molecule has 0 saturated carbocycles. The first-order chi connectivity index (χ1) is 22.6. The molecule has 0 atom stereocenters. The van der Waals surface area contributed by atoms with Gasteiger partial charge in [-0.3, -0.25) is 4.57 Å². The third kappa shape index (κ3) is 28.8. The van der Waals surface area contributed by atoms with Crippen molar-refractivity contribution in [3.05, 3.63) is 157 Å². The van der Waals surface area contributed by atoms with E-state index < -0.39 is 12.3 Å². The van der Waals surface area contributed by atoms with Crippen LogP contribution in [0.15, 0.2) is 152 Å².